The minimum atomic E-state index is -0.543. The number of pyridine rings is 1. The third-order valence-corrected chi connectivity index (χ3v) is 2.74. The largest absolute Gasteiger partial charge is 0.387 e. The maximum Gasteiger partial charge on any atom is 0.0977 e. The Balaban J connectivity index is 2.69. The van der Waals surface area contributed by atoms with E-state index in [1.807, 2.05) is 0 Å². The zero-order valence-electron chi connectivity index (χ0n) is 8.57. The van der Waals surface area contributed by atoms with Crippen molar-refractivity contribution in [2.24, 2.45) is 5.92 Å². The Bertz CT molecular complexity index is 290. The fourth-order valence-corrected chi connectivity index (χ4v) is 1.55. The fourth-order valence-electron chi connectivity index (χ4n) is 1.30. The van der Waals surface area contributed by atoms with E-state index in [9.17, 15) is 5.11 Å². The quantitative estimate of drug-likeness (QED) is 0.833. The van der Waals surface area contributed by atoms with Crippen LogP contribution in [-0.2, 0) is 0 Å². The molecule has 0 aliphatic heterocycles. The lowest BCUT2D eigenvalue weighted by molar-refractivity contribution is 0.142. The van der Waals surface area contributed by atoms with Crippen molar-refractivity contribution in [3.63, 3.8) is 0 Å². The van der Waals surface area contributed by atoms with Gasteiger partial charge in [-0.3, -0.25) is 4.98 Å². The summed E-state index contributed by atoms with van der Waals surface area (Å²) >= 11 is 5.92. The molecule has 0 saturated heterocycles. The minimum absolute atomic E-state index is 0.489. The van der Waals surface area contributed by atoms with Gasteiger partial charge in [-0.05, 0) is 24.5 Å². The summed E-state index contributed by atoms with van der Waals surface area (Å²) in [6.07, 6.45) is 2.88. The highest BCUT2D eigenvalue weighted by molar-refractivity contribution is 6.31. The van der Waals surface area contributed by atoms with E-state index >= 15 is 0 Å². The topological polar surface area (TPSA) is 33.1 Å². The van der Waals surface area contributed by atoms with E-state index in [0.29, 0.717) is 23.1 Å². The second-order valence-corrected chi connectivity index (χ2v) is 4.04. The van der Waals surface area contributed by atoms with Crippen molar-refractivity contribution < 1.29 is 5.11 Å². The lowest BCUT2D eigenvalue weighted by Crippen LogP contribution is -2.06. The van der Waals surface area contributed by atoms with Crippen molar-refractivity contribution in [2.45, 2.75) is 32.8 Å². The molecule has 1 heterocycles. The Labute approximate surface area is 89.9 Å². The van der Waals surface area contributed by atoms with Crippen LogP contribution in [0.1, 0.15) is 38.5 Å². The van der Waals surface area contributed by atoms with Gasteiger partial charge in [0, 0.05) is 6.20 Å². The summed E-state index contributed by atoms with van der Waals surface area (Å²) in [5.74, 6) is 0.489. The van der Waals surface area contributed by atoms with Crippen LogP contribution in [0.25, 0.3) is 0 Å². The molecule has 1 aromatic heterocycles. The first-order valence-electron chi connectivity index (χ1n) is 4.93. The van der Waals surface area contributed by atoms with Crippen LogP contribution in [0.5, 0.6) is 0 Å². The first kappa shape index (κ1) is 11.5. The molecule has 2 atom stereocenters. The molecule has 78 valence electrons. The molecule has 0 bridgehead atoms. The SMILES string of the molecule is CCC(C)CC(O)c1ncccc1Cl. The van der Waals surface area contributed by atoms with Crippen LogP contribution in [0.3, 0.4) is 0 Å². The number of halogens is 1. The molecule has 0 fully saturated rings. The van der Waals surface area contributed by atoms with E-state index < -0.39 is 6.10 Å². The lowest BCUT2D eigenvalue weighted by atomic mass is 9.99. The van der Waals surface area contributed by atoms with Gasteiger partial charge in [0.2, 0.25) is 0 Å². The number of hydrogen-bond acceptors (Lipinski definition) is 2. The fraction of sp³-hybridized carbons (Fsp3) is 0.545. The normalized spacial score (nSPS) is 15.1. The minimum Gasteiger partial charge on any atom is -0.387 e. The number of aliphatic hydroxyl groups excluding tert-OH is 1. The molecular weight excluding hydrogens is 198 g/mol. The summed E-state index contributed by atoms with van der Waals surface area (Å²) in [5.41, 5.74) is 0.592. The van der Waals surface area contributed by atoms with Gasteiger partial charge in [-0.1, -0.05) is 31.9 Å². The van der Waals surface area contributed by atoms with Gasteiger partial charge in [-0.25, -0.2) is 0 Å². The molecule has 1 aromatic rings. The molecule has 2 nitrogen and oxygen atoms in total. The molecule has 0 saturated carbocycles. The van der Waals surface area contributed by atoms with E-state index in [2.05, 4.69) is 18.8 Å². The van der Waals surface area contributed by atoms with Gasteiger partial charge < -0.3 is 5.11 Å². The summed E-state index contributed by atoms with van der Waals surface area (Å²) in [6.45, 7) is 4.22. The smallest absolute Gasteiger partial charge is 0.0977 e. The highest BCUT2D eigenvalue weighted by Crippen LogP contribution is 2.26. The van der Waals surface area contributed by atoms with Gasteiger partial charge in [0.25, 0.3) is 0 Å². The van der Waals surface area contributed by atoms with Gasteiger partial charge >= 0.3 is 0 Å². The molecule has 3 heteroatoms. The van der Waals surface area contributed by atoms with Crippen molar-refractivity contribution >= 4 is 11.6 Å². The monoisotopic (exact) mass is 213 g/mol. The summed E-state index contributed by atoms with van der Waals surface area (Å²) in [6, 6.07) is 3.52. The van der Waals surface area contributed by atoms with Crippen molar-refractivity contribution in [1.29, 1.82) is 0 Å². The molecule has 0 aliphatic carbocycles. The van der Waals surface area contributed by atoms with Crippen molar-refractivity contribution in [3.05, 3.63) is 29.0 Å². The van der Waals surface area contributed by atoms with E-state index in [1.54, 1.807) is 18.3 Å². The molecule has 1 rings (SSSR count). The van der Waals surface area contributed by atoms with Crippen molar-refractivity contribution in [2.75, 3.05) is 0 Å². The van der Waals surface area contributed by atoms with Crippen LogP contribution in [0.4, 0.5) is 0 Å². The third kappa shape index (κ3) is 2.96. The van der Waals surface area contributed by atoms with Crippen LogP contribution >= 0.6 is 11.6 Å². The standard InChI is InChI=1S/C11H16ClNO/c1-3-8(2)7-10(14)11-9(12)5-4-6-13-11/h4-6,8,10,14H,3,7H2,1-2H3. The average molecular weight is 214 g/mol. The predicted octanol–water partition coefficient (Wildman–Crippen LogP) is 3.20. The van der Waals surface area contributed by atoms with Crippen molar-refractivity contribution in [3.8, 4) is 0 Å². The van der Waals surface area contributed by atoms with Crippen molar-refractivity contribution in [1.82, 2.24) is 4.98 Å². The Morgan fingerprint density at radius 1 is 1.57 bits per heavy atom. The van der Waals surface area contributed by atoms with Crippen LogP contribution < -0.4 is 0 Å². The second kappa shape index (κ2) is 5.32. The molecule has 1 N–H and O–H groups in total. The molecule has 0 aromatic carbocycles. The number of aromatic nitrogens is 1. The highest BCUT2D eigenvalue weighted by Gasteiger charge is 2.15. The summed E-state index contributed by atoms with van der Waals surface area (Å²) in [5, 5.41) is 10.4. The highest BCUT2D eigenvalue weighted by atomic mass is 35.5. The van der Waals surface area contributed by atoms with E-state index in [4.69, 9.17) is 11.6 Å². The zero-order valence-corrected chi connectivity index (χ0v) is 9.33. The van der Waals surface area contributed by atoms with E-state index in [0.717, 1.165) is 6.42 Å². The Hall–Kier alpha value is -0.600. The van der Waals surface area contributed by atoms with Gasteiger partial charge in [0.15, 0.2) is 0 Å². The van der Waals surface area contributed by atoms with Gasteiger partial charge in [0.1, 0.15) is 0 Å². The van der Waals surface area contributed by atoms with Crippen LogP contribution in [-0.4, -0.2) is 10.1 Å². The number of aliphatic hydroxyl groups is 1. The molecule has 0 amide bonds. The van der Waals surface area contributed by atoms with Gasteiger partial charge in [-0.15, -0.1) is 0 Å². The Morgan fingerprint density at radius 2 is 2.29 bits per heavy atom. The molecule has 2 unspecified atom stereocenters. The van der Waals surface area contributed by atoms with Gasteiger partial charge in [-0.2, -0.15) is 0 Å². The summed E-state index contributed by atoms with van der Waals surface area (Å²) < 4.78 is 0. The number of rotatable bonds is 4. The maximum absolute atomic E-state index is 9.86. The molecule has 0 spiro atoms. The molecule has 0 radical (unpaired) electrons. The second-order valence-electron chi connectivity index (χ2n) is 3.64. The molecular formula is C11H16ClNO. The van der Waals surface area contributed by atoms with E-state index in [1.165, 1.54) is 0 Å². The van der Waals surface area contributed by atoms with Crippen LogP contribution in [0.15, 0.2) is 18.3 Å². The maximum atomic E-state index is 9.86. The third-order valence-electron chi connectivity index (χ3n) is 2.43. The Kier molecular flexibility index (Phi) is 4.36. The lowest BCUT2D eigenvalue weighted by Gasteiger charge is -2.15. The summed E-state index contributed by atoms with van der Waals surface area (Å²) in [4.78, 5) is 4.08. The van der Waals surface area contributed by atoms with E-state index in [-0.39, 0.29) is 0 Å². The Morgan fingerprint density at radius 3 is 2.86 bits per heavy atom. The zero-order chi connectivity index (χ0) is 10.6. The number of hydrogen-bond donors (Lipinski definition) is 1. The molecule has 0 aliphatic rings. The molecule has 14 heavy (non-hydrogen) atoms. The van der Waals surface area contributed by atoms with Crippen LogP contribution in [0, 0.1) is 5.92 Å². The van der Waals surface area contributed by atoms with Gasteiger partial charge in [0.05, 0.1) is 16.8 Å². The first-order valence-corrected chi connectivity index (χ1v) is 5.31. The van der Waals surface area contributed by atoms with Crippen LogP contribution in [0.2, 0.25) is 5.02 Å². The predicted molar refractivity (Wildman–Crippen MR) is 58.3 cm³/mol. The number of nitrogens with zero attached hydrogens (tertiary/aromatic N) is 1. The summed E-state index contributed by atoms with van der Waals surface area (Å²) in [7, 11) is 0. The first-order chi connectivity index (χ1) is 6.65. The average Bonchev–Trinajstić information content (AvgIpc) is 2.18.